The van der Waals surface area contributed by atoms with Crippen molar-refractivity contribution in [2.24, 2.45) is 0 Å². The highest BCUT2D eigenvalue weighted by Crippen LogP contribution is 2.26. The van der Waals surface area contributed by atoms with E-state index < -0.39 is 0 Å². The Morgan fingerprint density at radius 3 is 2.08 bits per heavy atom. The molecule has 2 rings (SSSR count). The molecule has 0 radical (unpaired) electrons. The number of Topliss-reactive ketones (excluding diaryl/α,β-unsaturated/α-hetero) is 1. The zero-order valence-corrected chi connectivity index (χ0v) is 15.1. The molecule has 0 saturated heterocycles. The van der Waals surface area contributed by atoms with Gasteiger partial charge in [-0.15, -0.1) is 0 Å². The SMILES string of the molecule is COc1cc(NC(=O)CCC(=O)c2ccc(Br)cc2)cc(OC)c1. The van der Waals surface area contributed by atoms with Crippen LogP contribution >= 0.6 is 15.9 Å². The number of ether oxygens (including phenoxy) is 2. The molecule has 0 unspecified atom stereocenters. The van der Waals surface area contributed by atoms with Gasteiger partial charge in [0, 0.05) is 46.8 Å². The van der Waals surface area contributed by atoms with Crippen LogP contribution in [0, 0.1) is 0 Å². The van der Waals surface area contributed by atoms with E-state index in [9.17, 15) is 9.59 Å². The van der Waals surface area contributed by atoms with Crippen molar-refractivity contribution in [3.63, 3.8) is 0 Å². The molecule has 0 fully saturated rings. The lowest BCUT2D eigenvalue weighted by molar-refractivity contribution is -0.116. The van der Waals surface area contributed by atoms with Crippen molar-refractivity contribution in [1.82, 2.24) is 0 Å². The average molecular weight is 392 g/mol. The molecule has 0 bridgehead atoms. The maximum Gasteiger partial charge on any atom is 0.224 e. The van der Waals surface area contributed by atoms with E-state index in [1.54, 1.807) is 42.5 Å². The number of amides is 1. The van der Waals surface area contributed by atoms with Crippen LogP contribution in [0.2, 0.25) is 0 Å². The monoisotopic (exact) mass is 391 g/mol. The van der Waals surface area contributed by atoms with Gasteiger partial charge < -0.3 is 14.8 Å². The fraction of sp³-hybridized carbons (Fsp3) is 0.222. The van der Waals surface area contributed by atoms with E-state index >= 15 is 0 Å². The molecule has 5 nitrogen and oxygen atoms in total. The van der Waals surface area contributed by atoms with Gasteiger partial charge in [-0.05, 0) is 12.1 Å². The highest BCUT2D eigenvalue weighted by atomic mass is 79.9. The Labute approximate surface area is 149 Å². The molecule has 2 aromatic carbocycles. The third-order valence-corrected chi connectivity index (χ3v) is 3.91. The highest BCUT2D eigenvalue weighted by molar-refractivity contribution is 9.10. The molecule has 0 saturated carbocycles. The Bertz CT molecular complexity index is 706. The lowest BCUT2D eigenvalue weighted by Gasteiger charge is -2.09. The lowest BCUT2D eigenvalue weighted by atomic mass is 10.1. The largest absolute Gasteiger partial charge is 0.497 e. The van der Waals surface area contributed by atoms with E-state index in [1.807, 2.05) is 0 Å². The van der Waals surface area contributed by atoms with Gasteiger partial charge in [0.2, 0.25) is 5.91 Å². The summed E-state index contributed by atoms with van der Waals surface area (Å²) in [5, 5.41) is 2.75. The smallest absolute Gasteiger partial charge is 0.224 e. The molecule has 24 heavy (non-hydrogen) atoms. The predicted octanol–water partition coefficient (Wildman–Crippen LogP) is 4.07. The van der Waals surface area contributed by atoms with E-state index in [0.717, 1.165) is 4.47 Å². The second-order valence-corrected chi connectivity index (χ2v) is 6.00. The predicted molar refractivity (Wildman–Crippen MR) is 95.9 cm³/mol. The summed E-state index contributed by atoms with van der Waals surface area (Å²) < 4.78 is 11.2. The third kappa shape index (κ3) is 5.09. The summed E-state index contributed by atoms with van der Waals surface area (Å²) in [7, 11) is 3.08. The number of ketones is 1. The number of rotatable bonds is 7. The molecule has 6 heteroatoms. The Morgan fingerprint density at radius 2 is 1.54 bits per heavy atom. The Kier molecular flexibility index (Phi) is 6.37. The number of benzene rings is 2. The quantitative estimate of drug-likeness (QED) is 0.722. The number of carbonyl (C=O) groups is 2. The minimum Gasteiger partial charge on any atom is -0.497 e. The van der Waals surface area contributed by atoms with Crippen LogP contribution < -0.4 is 14.8 Å². The van der Waals surface area contributed by atoms with Crippen LogP contribution in [0.3, 0.4) is 0 Å². The highest BCUT2D eigenvalue weighted by Gasteiger charge is 2.11. The fourth-order valence-corrected chi connectivity index (χ4v) is 2.37. The molecule has 0 heterocycles. The second-order valence-electron chi connectivity index (χ2n) is 5.08. The Hall–Kier alpha value is -2.34. The van der Waals surface area contributed by atoms with Crippen LogP contribution in [0.5, 0.6) is 11.5 Å². The summed E-state index contributed by atoms with van der Waals surface area (Å²) >= 11 is 3.32. The number of anilines is 1. The number of hydrogen-bond acceptors (Lipinski definition) is 4. The number of nitrogens with one attached hydrogen (secondary N) is 1. The standard InChI is InChI=1S/C18H18BrNO4/c1-23-15-9-14(10-16(11-15)24-2)20-18(22)8-7-17(21)12-3-5-13(19)6-4-12/h3-6,9-11H,7-8H2,1-2H3,(H,20,22). The number of hydrogen-bond donors (Lipinski definition) is 1. The van der Waals surface area contributed by atoms with Crippen molar-refractivity contribution < 1.29 is 19.1 Å². The van der Waals surface area contributed by atoms with Crippen LogP contribution in [0.15, 0.2) is 46.9 Å². The fourth-order valence-electron chi connectivity index (χ4n) is 2.11. The van der Waals surface area contributed by atoms with Crippen molar-refractivity contribution in [3.8, 4) is 11.5 Å². The molecule has 1 amide bonds. The van der Waals surface area contributed by atoms with Crippen molar-refractivity contribution in [1.29, 1.82) is 0 Å². The molecule has 0 aliphatic heterocycles. The topological polar surface area (TPSA) is 64.6 Å². The lowest BCUT2D eigenvalue weighted by Crippen LogP contribution is -2.13. The van der Waals surface area contributed by atoms with Gasteiger partial charge in [0.1, 0.15) is 11.5 Å². The van der Waals surface area contributed by atoms with Crippen LogP contribution in [-0.2, 0) is 4.79 Å². The Morgan fingerprint density at radius 1 is 0.958 bits per heavy atom. The third-order valence-electron chi connectivity index (χ3n) is 3.38. The van der Waals surface area contributed by atoms with E-state index in [2.05, 4.69) is 21.2 Å². The van der Waals surface area contributed by atoms with Crippen molar-refractivity contribution >= 4 is 33.3 Å². The van der Waals surface area contributed by atoms with Gasteiger partial charge in [0.15, 0.2) is 5.78 Å². The molecular weight excluding hydrogens is 374 g/mol. The molecule has 0 atom stereocenters. The maximum atomic E-state index is 12.1. The van der Waals surface area contributed by atoms with Crippen molar-refractivity contribution in [2.45, 2.75) is 12.8 Å². The molecule has 126 valence electrons. The Balaban J connectivity index is 1.93. The molecule has 2 aromatic rings. The van der Waals surface area contributed by atoms with Crippen molar-refractivity contribution in [3.05, 3.63) is 52.5 Å². The zero-order valence-electron chi connectivity index (χ0n) is 13.5. The van der Waals surface area contributed by atoms with Crippen LogP contribution in [-0.4, -0.2) is 25.9 Å². The maximum absolute atomic E-state index is 12.1. The molecule has 0 aliphatic carbocycles. The summed E-state index contributed by atoms with van der Waals surface area (Å²) in [5.41, 5.74) is 1.15. The van der Waals surface area contributed by atoms with Crippen molar-refractivity contribution in [2.75, 3.05) is 19.5 Å². The minimum atomic E-state index is -0.240. The molecule has 1 N–H and O–H groups in total. The van der Waals surface area contributed by atoms with Crippen LogP contribution in [0.25, 0.3) is 0 Å². The van der Waals surface area contributed by atoms with E-state index in [4.69, 9.17) is 9.47 Å². The first-order valence-corrected chi connectivity index (χ1v) is 8.13. The average Bonchev–Trinajstić information content (AvgIpc) is 2.59. The van der Waals surface area contributed by atoms with E-state index in [1.165, 1.54) is 14.2 Å². The summed E-state index contributed by atoms with van der Waals surface area (Å²) in [4.78, 5) is 24.1. The van der Waals surface area contributed by atoms with Gasteiger partial charge in [-0.1, -0.05) is 28.1 Å². The first-order chi connectivity index (χ1) is 11.5. The number of methoxy groups -OCH3 is 2. The summed E-state index contributed by atoms with van der Waals surface area (Å²) in [6.45, 7) is 0. The minimum absolute atomic E-state index is 0.0686. The summed E-state index contributed by atoms with van der Waals surface area (Å²) in [5.74, 6) is 0.850. The molecule has 0 aliphatic rings. The first-order valence-electron chi connectivity index (χ1n) is 7.33. The van der Waals surface area contributed by atoms with Gasteiger partial charge >= 0.3 is 0 Å². The summed E-state index contributed by atoms with van der Waals surface area (Å²) in [6, 6.07) is 12.2. The van der Waals surface area contributed by atoms with Gasteiger partial charge in [0.25, 0.3) is 0 Å². The molecule has 0 aromatic heterocycles. The van der Waals surface area contributed by atoms with Gasteiger partial charge in [0.05, 0.1) is 14.2 Å². The van der Waals surface area contributed by atoms with Crippen LogP contribution in [0.4, 0.5) is 5.69 Å². The molecule has 0 spiro atoms. The zero-order chi connectivity index (χ0) is 17.5. The van der Waals surface area contributed by atoms with Crippen LogP contribution in [0.1, 0.15) is 23.2 Å². The number of halogens is 1. The van der Waals surface area contributed by atoms with Gasteiger partial charge in [-0.2, -0.15) is 0 Å². The molecular formula is C18H18BrNO4. The van der Waals surface area contributed by atoms with E-state index in [0.29, 0.717) is 22.7 Å². The van der Waals surface area contributed by atoms with Gasteiger partial charge in [-0.25, -0.2) is 0 Å². The van der Waals surface area contributed by atoms with Gasteiger partial charge in [-0.3, -0.25) is 9.59 Å². The van der Waals surface area contributed by atoms with E-state index in [-0.39, 0.29) is 24.5 Å². The second kappa shape index (κ2) is 8.49. The number of carbonyl (C=O) groups excluding carboxylic acids is 2. The summed E-state index contributed by atoms with van der Waals surface area (Å²) in [6.07, 6.45) is 0.253. The normalized spacial score (nSPS) is 10.1. The first kappa shape index (κ1) is 18.0.